The fraction of sp³-hybridized carbons (Fsp3) is 0.439. The Labute approximate surface area is 292 Å². The molecule has 1 amide bonds. The summed E-state index contributed by atoms with van der Waals surface area (Å²) in [5, 5.41) is 0. The Balaban J connectivity index is 1.20. The number of carbonyl (C=O) groups excluding carboxylic acids is 5. The van der Waals surface area contributed by atoms with Gasteiger partial charge in [0.05, 0.1) is 19.1 Å². The number of benzene rings is 3. The Kier molecular flexibility index (Phi) is 9.44. The van der Waals surface area contributed by atoms with E-state index in [9.17, 15) is 24.0 Å². The maximum atomic E-state index is 14.3. The lowest BCUT2D eigenvalue weighted by Crippen LogP contribution is -2.69. The first-order chi connectivity index (χ1) is 24.2. The molecule has 1 spiro atoms. The number of nitrogens with zero attached hydrogens (tertiary/aromatic N) is 2. The summed E-state index contributed by atoms with van der Waals surface area (Å²) in [5.41, 5.74) is 2.92. The van der Waals surface area contributed by atoms with Crippen LogP contribution in [-0.2, 0) is 26.2 Å². The predicted octanol–water partition coefficient (Wildman–Crippen LogP) is 5.76. The van der Waals surface area contributed by atoms with Crippen LogP contribution in [0.1, 0.15) is 90.6 Å². The molecule has 9 nitrogen and oxygen atoms in total. The minimum Gasteiger partial charge on any atom is -0.483 e. The number of likely N-dealkylation sites (tertiary alicyclic amines) is 1. The zero-order chi connectivity index (χ0) is 35.0. The van der Waals surface area contributed by atoms with Crippen molar-refractivity contribution >= 4 is 29.2 Å². The SMILES string of the molecule is CC(=O)CN1CC[C@]23c4c5ccc(OC(C)=O)c4O[C@H]2[C@@H](N(CC(=O)c2ccccc2)C(=O)CCCCC(=O)c2ccccc2)CC[C@H]3[C@H]1C5. The first-order valence-electron chi connectivity index (χ1n) is 17.9. The normalized spacial score (nSPS) is 24.4. The van der Waals surface area contributed by atoms with E-state index in [0.29, 0.717) is 61.4 Å². The highest BCUT2D eigenvalue weighted by atomic mass is 16.6. The van der Waals surface area contributed by atoms with E-state index in [1.54, 1.807) is 42.2 Å². The predicted molar refractivity (Wildman–Crippen MR) is 186 cm³/mol. The van der Waals surface area contributed by atoms with Gasteiger partial charge in [0.25, 0.3) is 0 Å². The van der Waals surface area contributed by atoms with Crippen molar-refractivity contribution in [2.75, 3.05) is 19.6 Å². The summed E-state index contributed by atoms with van der Waals surface area (Å²) < 4.78 is 12.6. The van der Waals surface area contributed by atoms with E-state index in [-0.39, 0.29) is 48.2 Å². The molecular weight excluding hydrogens is 632 g/mol. The van der Waals surface area contributed by atoms with Crippen LogP contribution in [0.3, 0.4) is 0 Å². The van der Waals surface area contributed by atoms with Crippen LogP contribution in [-0.4, -0.2) is 76.8 Å². The Morgan fingerprint density at radius 2 is 1.54 bits per heavy atom. The molecule has 9 heteroatoms. The van der Waals surface area contributed by atoms with E-state index < -0.39 is 23.5 Å². The largest absolute Gasteiger partial charge is 0.483 e. The third-order valence-electron chi connectivity index (χ3n) is 11.3. The smallest absolute Gasteiger partial charge is 0.308 e. The Bertz CT molecular complexity index is 1810. The molecule has 7 rings (SSSR count). The number of piperidine rings is 1. The topological polar surface area (TPSA) is 110 Å². The molecule has 260 valence electrons. The molecule has 2 bridgehead atoms. The van der Waals surface area contributed by atoms with Crippen LogP contribution in [0.15, 0.2) is 72.8 Å². The molecule has 0 aromatic heterocycles. The minimum atomic E-state index is -0.462. The lowest BCUT2D eigenvalue weighted by molar-refractivity contribution is -0.142. The number of hydrogen-bond donors (Lipinski definition) is 0. The van der Waals surface area contributed by atoms with Gasteiger partial charge in [-0.1, -0.05) is 66.7 Å². The third-order valence-corrected chi connectivity index (χ3v) is 11.3. The quantitative estimate of drug-likeness (QED) is 0.0973. The van der Waals surface area contributed by atoms with Crippen LogP contribution in [0.25, 0.3) is 0 Å². The third kappa shape index (κ3) is 6.17. The number of esters is 1. The molecule has 0 N–H and O–H groups in total. The number of Topliss-reactive ketones (excluding diaryl/α,β-unsaturated/α-hetero) is 3. The summed E-state index contributed by atoms with van der Waals surface area (Å²) in [7, 11) is 0. The van der Waals surface area contributed by atoms with Crippen molar-refractivity contribution in [2.45, 2.75) is 88.8 Å². The summed E-state index contributed by atoms with van der Waals surface area (Å²) in [6, 6.07) is 21.8. The van der Waals surface area contributed by atoms with Crippen LogP contribution in [0.5, 0.6) is 11.5 Å². The van der Waals surface area contributed by atoms with E-state index in [2.05, 4.69) is 4.90 Å². The molecular formula is C41H44N2O7. The van der Waals surface area contributed by atoms with Crippen molar-refractivity contribution in [1.82, 2.24) is 9.80 Å². The maximum Gasteiger partial charge on any atom is 0.308 e. The average Bonchev–Trinajstić information content (AvgIpc) is 3.46. The van der Waals surface area contributed by atoms with Gasteiger partial charge in [-0.3, -0.25) is 28.9 Å². The molecule has 2 aliphatic carbocycles. The molecule has 0 radical (unpaired) electrons. The van der Waals surface area contributed by atoms with Gasteiger partial charge in [-0.2, -0.15) is 0 Å². The summed E-state index contributed by atoms with van der Waals surface area (Å²) in [6.45, 7) is 4.02. The lowest BCUT2D eigenvalue weighted by Gasteiger charge is -2.60. The molecule has 1 saturated carbocycles. The van der Waals surface area contributed by atoms with Gasteiger partial charge in [-0.25, -0.2) is 0 Å². The summed E-state index contributed by atoms with van der Waals surface area (Å²) in [5.74, 6) is 0.575. The standard InChI is InChI=1S/C41H44N2O7/c1-26(44)24-42-22-21-41-31-18-19-32(40(41)50-39-36(49-27(2)45)20-17-30(38(39)41)23-33(31)42)43(25-35(47)29-13-7-4-8-14-29)37(48)16-10-9-15-34(46)28-11-5-3-6-12-28/h3-8,11-14,17,20,31-33,40H,9-10,15-16,18-19,21-25H2,1-2H3/t31-,32-,33+,40-,41-/m0/s1. The number of unbranched alkanes of at least 4 members (excludes halogenated alkanes) is 1. The van der Waals surface area contributed by atoms with Crippen molar-refractivity contribution in [1.29, 1.82) is 0 Å². The Morgan fingerprint density at radius 1 is 0.860 bits per heavy atom. The van der Waals surface area contributed by atoms with Gasteiger partial charge < -0.3 is 14.4 Å². The highest BCUT2D eigenvalue weighted by Crippen LogP contribution is 2.64. The van der Waals surface area contributed by atoms with Crippen molar-refractivity contribution in [2.24, 2.45) is 5.92 Å². The van der Waals surface area contributed by atoms with Crippen LogP contribution >= 0.6 is 0 Å². The van der Waals surface area contributed by atoms with Gasteiger partial charge >= 0.3 is 5.97 Å². The van der Waals surface area contributed by atoms with Gasteiger partial charge in [0.2, 0.25) is 5.91 Å². The summed E-state index contributed by atoms with van der Waals surface area (Å²) in [6.07, 6.45) is 4.09. The molecule has 3 aromatic carbocycles. The molecule has 2 fully saturated rings. The summed E-state index contributed by atoms with van der Waals surface area (Å²) >= 11 is 0. The van der Waals surface area contributed by atoms with Crippen LogP contribution < -0.4 is 9.47 Å². The molecule has 50 heavy (non-hydrogen) atoms. The van der Waals surface area contributed by atoms with Crippen molar-refractivity contribution < 1.29 is 33.4 Å². The first kappa shape index (κ1) is 33.8. The molecule has 5 atom stereocenters. The monoisotopic (exact) mass is 676 g/mol. The molecule has 0 unspecified atom stereocenters. The maximum absolute atomic E-state index is 14.3. The molecule has 1 saturated heterocycles. The highest BCUT2D eigenvalue weighted by Gasteiger charge is 2.66. The molecule has 2 aliphatic heterocycles. The second-order valence-electron chi connectivity index (χ2n) is 14.4. The van der Waals surface area contributed by atoms with E-state index >= 15 is 0 Å². The minimum absolute atomic E-state index is 0.0473. The fourth-order valence-corrected chi connectivity index (χ4v) is 9.36. The molecule has 2 heterocycles. The van der Waals surface area contributed by atoms with Crippen LogP contribution in [0.2, 0.25) is 0 Å². The molecule has 4 aliphatic rings. The summed E-state index contributed by atoms with van der Waals surface area (Å²) in [4.78, 5) is 69.4. The lowest BCUT2D eigenvalue weighted by atomic mass is 9.51. The van der Waals surface area contributed by atoms with Crippen LogP contribution in [0, 0.1) is 5.92 Å². The zero-order valence-corrected chi connectivity index (χ0v) is 28.8. The number of carbonyl (C=O) groups is 5. The van der Waals surface area contributed by atoms with E-state index in [1.807, 2.05) is 42.5 Å². The van der Waals surface area contributed by atoms with Crippen molar-refractivity contribution in [3.05, 3.63) is 95.1 Å². The molecule has 3 aromatic rings. The average molecular weight is 677 g/mol. The first-order valence-corrected chi connectivity index (χ1v) is 17.9. The van der Waals surface area contributed by atoms with Crippen molar-refractivity contribution in [3.8, 4) is 11.5 Å². The Hall–Kier alpha value is -4.63. The van der Waals surface area contributed by atoms with Crippen molar-refractivity contribution in [3.63, 3.8) is 0 Å². The fourth-order valence-electron chi connectivity index (χ4n) is 9.36. The van der Waals surface area contributed by atoms with E-state index in [0.717, 1.165) is 30.4 Å². The van der Waals surface area contributed by atoms with Crippen LogP contribution in [0.4, 0.5) is 0 Å². The zero-order valence-electron chi connectivity index (χ0n) is 28.8. The van der Waals surface area contributed by atoms with Gasteiger partial charge in [-0.15, -0.1) is 0 Å². The second-order valence-corrected chi connectivity index (χ2v) is 14.4. The second kappa shape index (κ2) is 13.9. The van der Waals surface area contributed by atoms with E-state index in [1.165, 1.54) is 6.92 Å². The number of amides is 1. The van der Waals surface area contributed by atoms with Gasteiger partial charge in [0, 0.05) is 47.9 Å². The van der Waals surface area contributed by atoms with Gasteiger partial charge in [0.15, 0.2) is 23.1 Å². The number of hydrogen-bond acceptors (Lipinski definition) is 8. The Morgan fingerprint density at radius 3 is 2.22 bits per heavy atom. The van der Waals surface area contributed by atoms with E-state index in [4.69, 9.17) is 9.47 Å². The number of ketones is 3. The highest BCUT2D eigenvalue weighted by molar-refractivity contribution is 5.99. The number of rotatable bonds is 13. The number of ether oxygens (including phenoxy) is 2. The van der Waals surface area contributed by atoms with Gasteiger partial charge in [-0.05, 0) is 69.5 Å². The van der Waals surface area contributed by atoms with Gasteiger partial charge in [0.1, 0.15) is 11.9 Å².